The molecule has 1 fully saturated rings. The van der Waals surface area contributed by atoms with Crippen LogP contribution in [0.4, 0.5) is 0 Å². The van der Waals surface area contributed by atoms with Gasteiger partial charge in [-0.1, -0.05) is 15.9 Å². The zero-order chi connectivity index (χ0) is 11.0. The van der Waals surface area contributed by atoms with Crippen molar-refractivity contribution in [3.63, 3.8) is 0 Å². The van der Waals surface area contributed by atoms with Gasteiger partial charge in [-0.15, -0.1) is 0 Å². The Kier molecular flexibility index (Phi) is 2.69. The molecule has 1 N–H and O–H groups in total. The van der Waals surface area contributed by atoms with Crippen molar-refractivity contribution in [1.82, 2.24) is 15.1 Å². The first-order chi connectivity index (χ1) is 7.83. The molecule has 0 bridgehead atoms. The van der Waals surface area contributed by atoms with Crippen molar-refractivity contribution in [2.24, 2.45) is 5.92 Å². The van der Waals surface area contributed by atoms with Gasteiger partial charge in [-0.25, -0.2) is 0 Å². The van der Waals surface area contributed by atoms with Gasteiger partial charge in [0.1, 0.15) is 0 Å². The number of fused-ring (bicyclic) bond motifs is 1. The van der Waals surface area contributed by atoms with Crippen LogP contribution in [-0.2, 0) is 6.54 Å². The topological polar surface area (TPSA) is 29.9 Å². The Bertz CT molecular complexity index is 502. The van der Waals surface area contributed by atoms with Gasteiger partial charge in [0.25, 0.3) is 0 Å². The van der Waals surface area contributed by atoms with Crippen molar-refractivity contribution in [1.29, 1.82) is 0 Å². The summed E-state index contributed by atoms with van der Waals surface area (Å²) in [5, 5.41) is 8.95. The summed E-state index contributed by atoms with van der Waals surface area (Å²) in [4.78, 5) is 0. The molecule has 1 saturated heterocycles. The van der Waals surface area contributed by atoms with E-state index < -0.39 is 0 Å². The molecular formula is C12H14BrN3. The van der Waals surface area contributed by atoms with E-state index in [1.54, 1.807) is 0 Å². The predicted octanol–water partition coefficient (Wildman–Crippen LogP) is 2.41. The van der Waals surface area contributed by atoms with Gasteiger partial charge in [0.15, 0.2) is 0 Å². The second-order valence-electron chi connectivity index (χ2n) is 4.38. The number of benzene rings is 1. The van der Waals surface area contributed by atoms with Crippen LogP contribution in [0, 0.1) is 5.92 Å². The van der Waals surface area contributed by atoms with Crippen LogP contribution < -0.4 is 5.32 Å². The van der Waals surface area contributed by atoms with E-state index in [0.717, 1.165) is 16.9 Å². The number of aryl methyl sites for hydroxylation is 1. The van der Waals surface area contributed by atoms with E-state index >= 15 is 0 Å². The van der Waals surface area contributed by atoms with Gasteiger partial charge < -0.3 is 5.32 Å². The highest BCUT2D eigenvalue weighted by Gasteiger charge is 2.16. The fraction of sp³-hybridized carbons (Fsp3) is 0.417. The molecule has 84 valence electrons. The highest BCUT2D eigenvalue weighted by atomic mass is 79.9. The summed E-state index contributed by atoms with van der Waals surface area (Å²) in [5.74, 6) is 0.842. The molecule has 1 aromatic carbocycles. The molecule has 2 heterocycles. The third-order valence-electron chi connectivity index (χ3n) is 3.22. The lowest BCUT2D eigenvalue weighted by Crippen LogP contribution is -2.42. The number of aromatic nitrogens is 2. The van der Waals surface area contributed by atoms with Crippen molar-refractivity contribution in [3.8, 4) is 0 Å². The van der Waals surface area contributed by atoms with Crippen LogP contribution in [0.3, 0.4) is 0 Å². The van der Waals surface area contributed by atoms with E-state index in [-0.39, 0.29) is 0 Å². The van der Waals surface area contributed by atoms with Crippen LogP contribution in [-0.4, -0.2) is 22.9 Å². The molecule has 1 aliphatic heterocycles. The van der Waals surface area contributed by atoms with E-state index in [1.165, 1.54) is 30.4 Å². The SMILES string of the molecule is Brc1ccc2c(cnn2CCC2CNC2)c1. The fourth-order valence-electron chi connectivity index (χ4n) is 2.09. The summed E-state index contributed by atoms with van der Waals surface area (Å²) in [6.45, 7) is 3.37. The molecule has 4 heteroatoms. The van der Waals surface area contributed by atoms with E-state index in [9.17, 15) is 0 Å². The predicted molar refractivity (Wildman–Crippen MR) is 68.4 cm³/mol. The molecule has 3 nitrogen and oxygen atoms in total. The first-order valence-corrected chi connectivity index (χ1v) is 6.44. The molecule has 1 aliphatic rings. The molecular weight excluding hydrogens is 266 g/mol. The van der Waals surface area contributed by atoms with Crippen molar-refractivity contribution in [3.05, 3.63) is 28.9 Å². The Labute approximate surface area is 103 Å². The Morgan fingerprint density at radius 2 is 2.31 bits per heavy atom. The average Bonchev–Trinajstić information content (AvgIpc) is 2.58. The molecule has 1 aromatic heterocycles. The van der Waals surface area contributed by atoms with Gasteiger partial charge in [-0.3, -0.25) is 4.68 Å². The Morgan fingerprint density at radius 1 is 1.44 bits per heavy atom. The number of halogens is 1. The van der Waals surface area contributed by atoms with Crippen molar-refractivity contribution >= 4 is 26.8 Å². The second kappa shape index (κ2) is 4.18. The molecule has 16 heavy (non-hydrogen) atoms. The maximum Gasteiger partial charge on any atom is 0.0683 e. The van der Waals surface area contributed by atoms with E-state index in [1.807, 2.05) is 6.20 Å². The molecule has 0 unspecified atom stereocenters. The summed E-state index contributed by atoms with van der Waals surface area (Å²) in [5.41, 5.74) is 1.23. The van der Waals surface area contributed by atoms with Crippen LogP contribution in [0.1, 0.15) is 6.42 Å². The number of hydrogen-bond donors (Lipinski definition) is 1. The smallest absolute Gasteiger partial charge is 0.0683 e. The van der Waals surface area contributed by atoms with Gasteiger partial charge >= 0.3 is 0 Å². The number of nitrogens with zero attached hydrogens (tertiary/aromatic N) is 2. The van der Waals surface area contributed by atoms with Crippen molar-refractivity contribution in [2.45, 2.75) is 13.0 Å². The minimum atomic E-state index is 0.842. The summed E-state index contributed by atoms with van der Waals surface area (Å²) >= 11 is 3.48. The first-order valence-electron chi connectivity index (χ1n) is 5.65. The molecule has 0 aliphatic carbocycles. The Balaban J connectivity index is 1.80. The summed E-state index contributed by atoms with van der Waals surface area (Å²) in [6, 6.07) is 6.32. The van der Waals surface area contributed by atoms with Gasteiger partial charge in [0.2, 0.25) is 0 Å². The molecule has 0 atom stereocenters. The standard InChI is InChI=1S/C12H14BrN3/c13-11-1-2-12-10(5-11)8-15-16(12)4-3-9-6-14-7-9/h1-2,5,8-9,14H,3-4,6-7H2. The molecule has 2 aromatic rings. The Morgan fingerprint density at radius 3 is 3.06 bits per heavy atom. The second-order valence-corrected chi connectivity index (χ2v) is 5.30. The molecule has 0 spiro atoms. The zero-order valence-corrected chi connectivity index (χ0v) is 10.6. The van der Waals surface area contributed by atoms with Crippen LogP contribution in [0.15, 0.2) is 28.9 Å². The normalized spacial score (nSPS) is 16.6. The van der Waals surface area contributed by atoms with Crippen LogP contribution in [0.2, 0.25) is 0 Å². The van der Waals surface area contributed by atoms with Crippen molar-refractivity contribution < 1.29 is 0 Å². The van der Waals surface area contributed by atoms with Crippen molar-refractivity contribution in [2.75, 3.05) is 13.1 Å². The number of hydrogen-bond acceptors (Lipinski definition) is 2. The minimum absolute atomic E-state index is 0.842. The highest BCUT2D eigenvalue weighted by Crippen LogP contribution is 2.20. The summed E-state index contributed by atoms with van der Waals surface area (Å²) in [6.07, 6.45) is 3.17. The van der Waals surface area contributed by atoms with Crippen LogP contribution in [0.5, 0.6) is 0 Å². The largest absolute Gasteiger partial charge is 0.316 e. The zero-order valence-electron chi connectivity index (χ0n) is 8.99. The Hall–Kier alpha value is -0.870. The molecule has 3 rings (SSSR count). The van der Waals surface area contributed by atoms with E-state index in [2.05, 4.69) is 49.2 Å². The van der Waals surface area contributed by atoms with Gasteiger partial charge in [-0.2, -0.15) is 5.10 Å². The quantitative estimate of drug-likeness (QED) is 0.935. The first kappa shape index (κ1) is 10.3. The summed E-state index contributed by atoms with van der Waals surface area (Å²) in [7, 11) is 0. The van der Waals surface area contributed by atoms with Crippen LogP contribution in [0.25, 0.3) is 10.9 Å². The lowest BCUT2D eigenvalue weighted by molar-refractivity contribution is 0.308. The minimum Gasteiger partial charge on any atom is -0.316 e. The van der Waals surface area contributed by atoms with Gasteiger partial charge in [-0.05, 0) is 43.6 Å². The lowest BCUT2D eigenvalue weighted by Gasteiger charge is -2.26. The molecule has 0 radical (unpaired) electrons. The third kappa shape index (κ3) is 1.87. The van der Waals surface area contributed by atoms with E-state index in [4.69, 9.17) is 0 Å². The number of nitrogens with one attached hydrogen (secondary N) is 1. The lowest BCUT2D eigenvalue weighted by atomic mass is 10.00. The molecule has 0 saturated carbocycles. The molecule has 0 amide bonds. The van der Waals surface area contributed by atoms with E-state index in [0.29, 0.717) is 0 Å². The fourth-order valence-corrected chi connectivity index (χ4v) is 2.47. The monoisotopic (exact) mass is 279 g/mol. The van der Waals surface area contributed by atoms with Gasteiger partial charge in [0, 0.05) is 16.4 Å². The maximum absolute atomic E-state index is 4.44. The number of rotatable bonds is 3. The van der Waals surface area contributed by atoms with Gasteiger partial charge in [0.05, 0.1) is 11.7 Å². The van der Waals surface area contributed by atoms with Crippen LogP contribution >= 0.6 is 15.9 Å². The third-order valence-corrected chi connectivity index (χ3v) is 3.71. The highest BCUT2D eigenvalue weighted by molar-refractivity contribution is 9.10. The summed E-state index contributed by atoms with van der Waals surface area (Å²) < 4.78 is 3.22. The maximum atomic E-state index is 4.44. The average molecular weight is 280 g/mol.